The second kappa shape index (κ2) is 7.58. The highest BCUT2D eigenvalue weighted by Crippen LogP contribution is 2.25. The monoisotopic (exact) mass is 278 g/mol. The first kappa shape index (κ1) is 16.9. The molecule has 0 spiro atoms. The van der Waals surface area contributed by atoms with Gasteiger partial charge in [-0.05, 0) is 38.2 Å². The van der Waals surface area contributed by atoms with Gasteiger partial charge in [0.25, 0.3) is 0 Å². The number of nitrogens with two attached hydrogens (primary N) is 1. The Bertz CT molecular complexity index is 427. The van der Waals surface area contributed by atoms with Crippen LogP contribution >= 0.6 is 0 Å². The molecule has 2 N–H and O–H groups in total. The lowest BCUT2D eigenvalue weighted by atomic mass is 10.0. The Morgan fingerprint density at radius 2 is 1.65 bits per heavy atom. The fraction of sp³-hybridized carbons (Fsp3) is 0.750. The molecule has 0 amide bonds. The predicted octanol–water partition coefficient (Wildman–Crippen LogP) is 2.93. The number of aromatic nitrogens is 2. The van der Waals surface area contributed by atoms with Gasteiger partial charge in [0.1, 0.15) is 0 Å². The third kappa shape index (κ3) is 3.69. The molecular formula is C16H30N4. The minimum atomic E-state index is 0.397. The highest BCUT2D eigenvalue weighted by Gasteiger charge is 2.21. The number of nitrogens with zero attached hydrogens (tertiary/aromatic N) is 3. The van der Waals surface area contributed by atoms with Gasteiger partial charge in [0.15, 0.2) is 5.82 Å². The van der Waals surface area contributed by atoms with Crippen molar-refractivity contribution in [2.24, 2.45) is 11.7 Å². The lowest BCUT2D eigenvalue weighted by Crippen LogP contribution is -2.36. The molecule has 4 heteroatoms. The Labute approximate surface area is 123 Å². The highest BCUT2D eigenvalue weighted by molar-refractivity contribution is 5.52. The maximum atomic E-state index is 6.02. The quantitative estimate of drug-likeness (QED) is 0.833. The molecule has 20 heavy (non-hydrogen) atoms. The minimum Gasteiger partial charge on any atom is -0.352 e. The van der Waals surface area contributed by atoms with Crippen molar-refractivity contribution in [1.82, 2.24) is 10.2 Å². The van der Waals surface area contributed by atoms with Crippen molar-refractivity contribution in [2.45, 2.75) is 67.0 Å². The molecule has 0 saturated carbocycles. The summed E-state index contributed by atoms with van der Waals surface area (Å²) in [5.41, 5.74) is 9.57. The van der Waals surface area contributed by atoms with Gasteiger partial charge in [-0.15, -0.1) is 5.10 Å². The van der Waals surface area contributed by atoms with Crippen LogP contribution in [-0.4, -0.2) is 22.8 Å². The maximum absolute atomic E-state index is 6.02. The first-order chi connectivity index (χ1) is 9.46. The maximum Gasteiger partial charge on any atom is 0.156 e. The third-order valence-electron chi connectivity index (χ3n) is 3.60. The summed E-state index contributed by atoms with van der Waals surface area (Å²) in [6.07, 6.45) is 1.88. The van der Waals surface area contributed by atoms with Crippen molar-refractivity contribution in [3.8, 4) is 0 Å². The van der Waals surface area contributed by atoms with Crippen molar-refractivity contribution < 1.29 is 0 Å². The van der Waals surface area contributed by atoms with Crippen LogP contribution in [0.3, 0.4) is 0 Å². The fourth-order valence-corrected chi connectivity index (χ4v) is 2.62. The topological polar surface area (TPSA) is 55.0 Å². The van der Waals surface area contributed by atoms with Crippen molar-refractivity contribution >= 4 is 5.82 Å². The Kier molecular flexibility index (Phi) is 6.40. The molecule has 0 radical (unpaired) electrons. The second-order valence-electron chi connectivity index (χ2n) is 5.98. The molecule has 1 aromatic rings. The van der Waals surface area contributed by atoms with Crippen LogP contribution in [0.1, 0.15) is 58.4 Å². The molecule has 0 aliphatic carbocycles. The standard InChI is InChI=1S/C16H30N4/c1-7-13-14(9-17)16(19-18-15(13)8-2)20(12(5)6)10-11(3)4/h11-12H,7-10,17H2,1-6H3. The van der Waals surface area contributed by atoms with E-state index in [0.29, 0.717) is 18.5 Å². The van der Waals surface area contributed by atoms with Gasteiger partial charge in [0.05, 0.1) is 5.69 Å². The number of rotatable bonds is 7. The average Bonchev–Trinajstić information content (AvgIpc) is 2.42. The van der Waals surface area contributed by atoms with E-state index in [1.165, 1.54) is 11.1 Å². The normalized spacial score (nSPS) is 11.4. The Hall–Kier alpha value is -1.16. The highest BCUT2D eigenvalue weighted by atomic mass is 15.3. The van der Waals surface area contributed by atoms with E-state index in [-0.39, 0.29) is 0 Å². The van der Waals surface area contributed by atoms with Crippen LogP contribution in [0.4, 0.5) is 5.82 Å². The van der Waals surface area contributed by atoms with Gasteiger partial charge in [-0.25, -0.2) is 0 Å². The van der Waals surface area contributed by atoms with E-state index in [9.17, 15) is 0 Å². The lowest BCUT2D eigenvalue weighted by molar-refractivity contribution is 0.560. The molecule has 0 aliphatic heterocycles. The zero-order valence-electron chi connectivity index (χ0n) is 13.9. The number of hydrogen-bond acceptors (Lipinski definition) is 4. The zero-order valence-corrected chi connectivity index (χ0v) is 13.9. The van der Waals surface area contributed by atoms with E-state index in [1.54, 1.807) is 0 Å². The van der Waals surface area contributed by atoms with E-state index >= 15 is 0 Å². The summed E-state index contributed by atoms with van der Waals surface area (Å²) in [5.74, 6) is 1.56. The van der Waals surface area contributed by atoms with Crippen LogP contribution in [0, 0.1) is 5.92 Å². The van der Waals surface area contributed by atoms with Crippen molar-refractivity contribution in [3.05, 3.63) is 16.8 Å². The van der Waals surface area contributed by atoms with Crippen molar-refractivity contribution in [2.75, 3.05) is 11.4 Å². The Balaban J connectivity index is 3.34. The summed E-state index contributed by atoms with van der Waals surface area (Å²) in [6, 6.07) is 0.397. The molecule has 0 atom stereocenters. The number of aryl methyl sites for hydroxylation is 1. The summed E-state index contributed by atoms with van der Waals surface area (Å²) >= 11 is 0. The van der Waals surface area contributed by atoms with E-state index < -0.39 is 0 Å². The summed E-state index contributed by atoms with van der Waals surface area (Å²) in [7, 11) is 0. The molecule has 1 heterocycles. The van der Waals surface area contributed by atoms with Gasteiger partial charge in [-0.2, -0.15) is 5.10 Å². The fourth-order valence-electron chi connectivity index (χ4n) is 2.62. The molecule has 114 valence electrons. The first-order valence-electron chi connectivity index (χ1n) is 7.80. The van der Waals surface area contributed by atoms with E-state index in [2.05, 4.69) is 56.6 Å². The molecule has 1 aromatic heterocycles. The van der Waals surface area contributed by atoms with Crippen molar-refractivity contribution in [3.63, 3.8) is 0 Å². The molecule has 1 rings (SSSR count). The lowest BCUT2D eigenvalue weighted by Gasteiger charge is -2.31. The molecule has 0 saturated heterocycles. The molecular weight excluding hydrogens is 248 g/mol. The van der Waals surface area contributed by atoms with Crippen LogP contribution in [-0.2, 0) is 19.4 Å². The van der Waals surface area contributed by atoms with Crippen LogP contribution in [0.25, 0.3) is 0 Å². The summed E-state index contributed by atoms with van der Waals surface area (Å²) < 4.78 is 0. The SMILES string of the molecule is CCc1nnc(N(CC(C)C)C(C)C)c(CN)c1CC. The Morgan fingerprint density at radius 1 is 1.00 bits per heavy atom. The van der Waals surface area contributed by atoms with Crippen LogP contribution in [0.5, 0.6) is 0 Å². The van der Waals surface area contributed by atoms with Gasteiger partial charge < -0.3 is 10.6 Å². The minimum absolute atomic E-state index is 0.397. The van der Waals surface area contributed by atoms with E-state index in [4.69, 9.17) is 5.73 Å². The Morgan fingerprint density at radius 3 is 2.05 bits per heavy atom. The second-order valence-corrected chi connectivity index (χ2v) is 5.98. The van der Waals surface area contributed by atoms with Gasteiger partial charge >= 0.3 is 0 Å². The van der Waals surface area contributed by atoms with E-state index in [0.717, 1.165) is 30.9 Å². The van der Waals surface area contributed by atoms with Gasteiger partial charge in [0, 0.05) is 24.7 Å². The first-order valence-corrected chi connectivity index (χ1v) is 7.80. The largest absolute Gasteiger partial charge is 0.352 e. The van der Waals surface area contributed by atoms with E-state index in [1.807, 2.05) is 0 Å². The van der Waals surface area contributed by atoms with Gasteiger partial charge in [-0.1, -0.05) is 27.7 Å². The predicted molar refractivity (Wildman–Crippen MR) is 86.0 cm³/mol. The van der Waals surface area contributed by atoms with Crippen LogP contribution in [0.2, 0.25) is 0 Å². The van der Waals surface area contributed by atoms with Crippen LogP contribution in [0.15, 0.2) is 0 Å². The average molecular weight is 278 g/mol. The molecule has 4 nitrogen and oxygen atoms in total. The molecule has 0 aliphatic rings. The van der Waals surface area contributed by atoms with Crippen molar-refractivity contribution in [1.29, 1.82) is 0 Å². The third-order valence-corrected chi connectivity index (χ3v) is 3.60. The van der Waals surface area contributed by atoms with Gasteiger partial charge in [-0.3, -0.25) is 0 Å². The molecule has 0 fully saturated rings. The molecule has 0 unspecified atom stereocenters. The summed E-state index contributed by atoms with van der Waals surface area (Å²) in [5, 5.41) is 8.94. The zero-order chi connectivity index (χ0) is 15.3. The van der Waals surface area contributed by atoms with Gasteiger partial charge in [0.2, 0.25) is 0 Å². The molecule has 0 bridgehead atoms. The number of hydrogen-bond donors (Lipinski definition) is 1. The summed E-state index contributed by atoms with van der Waals surface area (Å²) in [6.45, 7) is 14.7. The smallest absolute Gasteiger partial charge is 0.156 e. The number of anilines is 1. The summed E-state index contributed by atoms with van der Waals surface area (Å²) in [4.78, 5) is 2.33. The molecule has 0 aromatic carbocycles. The van der Waals surface area contributed by atoms with Crippen LogP contribution < -0.4 is 10.6 Å².